The van der Waals surface area contributed by atoms with E-state index in [1.807, 2.05) is 36.1 Å². The van der Waals surface area contributed by atoms with Gasteiger partial charge < -0.3 is 14.4 Å². The van der Waals surface area contributed by atoms with E-state index in [9.17, 15) is 4.79 Å². The molecule has 22 heavy (non-hydrogen) atoms. The van der Waals surface area contributed by atoms with Crippen molar-refractivity contribution >= 4 is 5.91 Å². The lowest BCUT2D eigenvalue weighted by atomic mass is 9.97. The molecule has 1 saturated heterocycles. The number of likely N-dealkylation sites (tertiary alicyclic amines) is 1. The summed E-state index contributed by atoms with van der Waals surface area (Å²) in [6, 6.07) is 7.35. The molecule has 1 fully saturated rings. The SMILES string of the molecule is C#CCOCC1CCN(C(=O)c2ccc(OCC)cc2)CC1. The molecule has 0 N–H and O–H groups in total. The Bertz CT molecular complexity index is 510. The third kappa shape index (κ3) is 4.51. The van der Waals surface area contributed by atoms with Crippen molar-refractivity contribution in [2.75, 3.05) is 32.9 Å². The van der Waals surface area contributed by atoms with Crippen molar-refractivity contribution in [3.8, 4) is 18.1 Å². The Morgan fingerprint density at radius 3 is 2.59 bits per heavy atom. The second-order valence-corrected chi connectivity index (χ2v) is 5.41. The highest BCUT2D eigenvalue weighted by Gasteiger charge is 2.23. The maximum Gasteiger partial charge on any atom is 0.253 e. The molecule has 1 heterocycles. The van der Waals surface area contributed by atoms with E-state index in [0.29, 0.717) is 31.3 Å². The Kier molecular flexibility index (Phi) is 6.29. The first-order valence-corrected chi connectivity index (χ1v) is 7.78. The number of rotatable bonds is 6. The number of hydrogen-bond acceptors (Lipinski definition) is 3. The van der Waals surface area contributed by atoms with Crippen LogP contribution in [0.3, 0.4) is 0 Å². The zero-order valence-electron chi connectivity index (χ0n) is 13.1. The third-order valence-electron chi connectivity index (χ3n) is 3.85. The minimum atomic E-state index is 0.0889. The van der Waals surface area contributed by atoms with Gasteiger partial charge >= 0.3 is 0 Å². The van der Waals surface area contributed by atoms with E-state index < -0.39 is 0 Å². The lowest BCUT2D eigenvalue weighted by Crippen LogP contribution is -2.39. The van der Waals surface area contributed by atoms with Crippen LogP contribution < -0.4 is 4.74 Å². The average molecular weight is 301 g/mol. The summed E-state index contributed by atoms with van der Waals surface area (Å²) in [4.78, 5) is 14.4. The smallest absolute Gasteiger partial charge is 0.253 e. The van der Waals surface area contributed by atoms with Crippen LogP contribution in [0.4, 0.5) is 0 Å². The zero-order chi connectivity index (χ0) is 15.8. The topological polar surface area (TPSA) is 38.8 Å². The van der Waals surface area contributed by atoms with E-state index in [-0.39, 0.29) is 5.91 Å². The third-order valence-corrected chi connectivity index (χ3v) is 3.85. The first-order valence-electron chi connectivity index (χ1n) is 7.78. The molecule has 0 atom stereocenters. The van der Waals surface area contributed by atoms with Crippen molar-refractivity contribution in [3.05, 3.63) is 29.8 Å². The van der Waals surface area contributed by atoms with Crippen molar-refractivity contribution in [1.29, 1.82) is 0 Å². The highest BCUT2D eigenvalue weighted by molar-refractivity contribution is 5.94. The molecule has 0 bridgehead atoms. The van der Waals surface area contributed by atoms with E-state index >= 15 is 0 Å². The summed E-state index contributed by atoms with van der Waals surface area (Å²) in [6.07, 6.45) is 7.09. The van der Waals surface area contributed by atoms with Gasteiger partial charge in [0.05, 0.1) is 13.2 Å². The summed E-state index contributed by atoms with van der Waals surface area (Å²) in [5.74, 6) is 3.85. The molecule has 4 heteroatoms. The quantitative estimate of drug-likeness (QED) is 0.599. The number of piperidine rings is 1. The highest BCUT2D eigenvalue weighted by atomic mass is 16.5. The van der Waals surface area contributed by atoms with Crippen LogP contribution in [0.1, 0.15) is 30.1 Å². The van der Waals surface area contributed by atoms with Gasteiger partial charge in [0.25, 0.3) is 5.91 Å². The van der Waals surface area contributed by atoms with Crippen molar-refractivity contribution in [2.24, 2.45) is 5.92 Å². The van der Waals surface area contributed by atoms with Crippen molar-refractivity contribution in [1.82, 2.24) is 4.90 Å². The Labute approximate surface area is 132 Å². The molecule has 1 amide bonds. The van der Waals surface area contributed by atoms with Gasteiger partial charge in [-0.3, -0.25) is 4.79 Å². The standard InChI is InChI=1S/C18H23NO3/c1-3-13-21-14-15-9-11-19(12-10-15)18(20)16-5-7-17(8-6-16)22-4-2/h1,5-8,15H,4,9-14H2,2H3. The van der Waals surface area contributed by atoms with E-state index in [2.05, 4.69) is 5.92 Å². The number of amides is 1. The summed E-state index contributed by atoms with van der Waals surface area (Å²) >= 11 is 0. The lowest BCUT2D eigenvalue weighted by Gasteiger charge is -2.31. The number of carbonyl (C=O) groups is 1. The molecule has 1 aliphatic heterocycles. The number of benzene rings is 1. The van der Waals surface area contributed by atoms with Gasteiger partial charge in [-0.2, -0.15) is 0 Å². The summed E-state index contributed by atoms with van der Waals surface area (Å²) in [6.45, 7) is 5.17. The molecular weight excluding hydrogens is 278 g/mol. The van der Waals surface area contributed by atoms with E-state index in [4.69, 9.17) is 15.9 Å². The van der Waals surface area contributed by atoms with Gasteiger partial charge in [-0.1, -0.05) is 5.92 Å². The van der Waals surface area contributed by atoms with Crippen molar-refractivity contribution in [3.63, 3.8) is 0 Å². The Morgan fingerprint density at radius 2 is 2.00 bits per heavy atom. The molecule has 0 aromatic heterocycles. The number of hydrogen-bond donors (Lipinski definition) is 0. The van der Waals surface area contributed by atoms with E-state index in [1.54, 1.807) is 0 Å². The van der Waals surface area contributed by atoms with Gasteiger partial charge in [0.1, 0.15) is 12.4 Å². The summed E-state index contributed by atoms with van der Waals surface area (Å²) in [5.41, 5.74) is 0.713. The minimum Gasteiger partial charge on any atom is -0.494 e. The Balaban J connectivity index is 1.83. The number of ether oxygens (including phenoxy) is 2. The predicted octanol–water partition coefficient (Wildman–Crippen LogP) is 2.59. The van der Waals surface area contributed by atoms with Gasteiger partial charge in [0, 0.05) is 18.7 Å². The van der Waals surface area contributed by atoms with Gasteiger partial charge in [0.15, 0.2) is 0 Å². The van der Waals surface area contributed by atoms with Crippen molar-refractivity contribution in [2.45, 2.75) is 19.8 Å². The first-order chi connectivity index (χ1) is 10.7. The van der Waals surface area contributed by atoms with Gasteiger partial charge in [-0.05, 0) is 49.9 Å². The second-order valence-electron chi connectivity index (χ2n) is 5.41. The summed E-state index contributed by atoms with van der Waals surface area (Å²) in [7, 11) is 0. The predicted molar refractivity (Wildman–Crippen MR) is 85.9 cm³/mol. The Morgan fingerprint density at radius 1 is 1.32 bits per heavy atom. The van der Waals surface area contributed by atoms with Gasteiger partial charge in [-0.15, -0.1) is 6.42 Å². The highest BCUT2D eigenvalue weighted by Crippen LogP contribution is 2.20. The second kappa shape index (κ2) is 8.45. The minimum absolute atomic E-state index is 0.0889. The number of carbonyl (C=O) groups excluding carboxylic acids is 1. The largest absolute Gasteiger partial charge is 0.494 e. The molecule has 4 nitrogen and oxygen atoms in total. The average Bonchev–Trinajstić information content (AvgIpc) is 2.56. The van der Waals surface area contributed by atoms with Crippen LogP contribution in [0.25, 0.3) is 0 Å². The molecule has 0 radical (unpaired) electrons. The fourth-order valence-electron chi connectivity index (χ4n) is 2.63. The maximum atomic E-state index is 12.5. The van der Waals surface area contributed by atoms with E-state index in [0.717, 1.165) is 31.7 Å². The normalized spacial score (nSPS) is 15.4. The van der Waals surface area contributed by atoms with Crippen molar-refractivity contribution < 1.29 is 14.3 Å². The molecule has 0 aliphatic carbocycles. The van der Waals surface area contributed by atoms with Crippen LogP contribution in [0.15, 0.2) is 24.3 Å². The summed E-state index contributed by atoms with van der Waals surface area (Å²) < 4.78 is 10.8. The van der Waals surface area contributed by atoms with Crippen LogP contribution >= 0.6 is 0 Å². The molecular formula is C18H23NO3. The van der Waals surface area contributed by atoms with Gasteiger partial charge in [-0.25, -0.2) is 0 Å². The lowest BCUT2D eigenvalue weighted by molar-refractivity contribution is 0.0582. The van der Waals surface area contributed by atoms with Crippen LogP contribution in [-0.2, 0) is 4.74 Å². The molecule has 0 saturated carbocycles. The molecule has 1 aromatic rings. The molecule has 0 spiro atoms. The molecule has 0 unspecified atom stereocenters. The van der Waals surface area contributed by atoms with Crippen LogP contribution in [-0.4, -0.2) is 43.7 Å². The fraction of sp³-hybridized carbons (Fsp3) is 0.500. The zero-order valence-corrected chi connectivity index (χ0v) is 13.1. The fourth-order valence-corrected chi connectivity index (χ4v) is 2.63. The molecule has 118 valence electrons. The molecule has 1 aliphatic rings. The van der Waals surface area contributed by atoms with Crippen LogP contribution in [0.2, 0.25) is 0 Å². The van der Waals surface area contributed by atoms with Crippen LogP contribution in [0, 0.1) is 18.3 Å². The molecule has 1 aromatic carbocycles. The van der Waals surface area contributed by atoms with Gasteiger partial charge in [0.2, 0.25) is 0 Å². The first kappa shape index (κ1) is 16.4. The number of nitrogens with zero attached hydrogens (tertiary/aromatic N) is 1. The summed E-state index contributed by atoms with van der Waals surface area (Å²) in [5, 5.41) is 0. The maximum absolute atomic E-state index is 12.5. The van der Waals surface area contributed by atoms with E-state index in [1.165, 1.54) is 0 Å². The molecule has 2 rings (SSSR count). The monoisotopic (exact) mass is 301 g/mol. The van der Waals surface area contributed by atoms with Crippen LogP contribution in [0.5, 0.6) is 5.75 Å². The Hall–Kier alpha value is -1.99. The number of terminal acetylenes is 1.